The number of hydrogen-bond donors (Lipinski definition) is 3. The van der Waals surface area contributed by atoms with E-state index in [4.69, 9.17) is 9.84 Å². The summed E-state index contributed by atoms with van der Waals surface area (Å²) in [6.07, 6.45) is 0. The number of carbonyl (C=O) groups excluding carboxylic acids is 2. The molecule has 1 aliphatic heterocycles. The number of aromatic nitrogens is 2. The number of anilines is 1. The van der Waals surface area contributed by atoms with Crippen molar-refractivity contribution in [2.75, 3.05) is 32.1 Å². The third kappa shape index (κ3) is 2.93. The van der Waals surface area contributed by atoms with E-state index in [1.807, 2.05) is 0 Å². The molecule has 0 fully saturated rings. The second-order valence-electron chi connectivity index (χ2n) is 5.62. The summed E-state index contributed by atoms with van der Waals surface area (Å²) in [5.41, 5.74) is 1.41. The van der Waals surface area contributed by atoms with Crippen LogP contribution in [-0.2, 0) is 14.3 Å². The van der Waals surface area contributed by atoms with Crippen LogP contribution in [0.25, 0.3) is 10.9 Å². The standard InChI is InChI=1S/C16H17FN4O4/c1-8-13-11(17)5-9(6-12(13)20-19-8)18-14-10(16(24)25-2)7-21(3-4-22)15(14)23/h5-6,18,22H,3-4,7H2,1-2H3,(H,19,20). The number of halogens is 1. The Bertz CT molecular complexity index is 890. The van der Waals surface area contributed by atoms with E-state index < -0.39 is 17.7 Å². The first-order valence-electron chi connectivity index (χ1n) is 7.59. The van der Waals surface area contributed by atoms with Gasteiger partial charge in [0.05, 0.1) is 36.7 Å². The Hall–Kier alpha value is -2.94. The number of amides is 1. The molecule has 3 N–H and O–H groups in total. The average molecular weight is 348 g/mol. The zero-order chi connectivity index (χ0) is 18.1. The Morgan fingerprint density at radius 2 is 2.28 bits per heavy atom. The average Bonchev–Trinajstić information content (AvgIpc) is 3.10. The number of fused-ring (bicyclic) bond motifs is 1. The lowest BCUT2D eigenvalue weighted by molar-refractivity contribution is -0.136. The number of rotatable bonds is 5. The first-order chi connectivity index (χ1) is 12.0. The molecule has 3 rings (SSSR count). The molecule has 2 aromatic rings. The maximum Gasteiger partial charge on any atom is 0.337 e. The van der Waals surface area contributed by atoms with Crippen molar-refractivity contribution in [1.29, 1.82) is 0 Å². The van der Waals surface area contributed by atoms with E-state index in [1.165, 1.54) is 18.1 Å². The maximum atomic E-state index is 14.3. The topological polar surface area (TPSA) is 108 Å². The van der Waals surface area contributed by atoms with Gasteiger partial charge in [-0.2, -0.15) is 5.10 Å². The number of aliphatic hydroxyl groups excluding tert-OH is 1. The molecule has 132 valence electrons. The van der Waals surface area contributed by atoms with Crippen molar-refractivity contribution in [1.82, 2.24) is 15.1 Å². The van der Waals surface area contributed by atoms with E-state index in [0.29, 0.717) is 16.6 Å². The molecule has 0 radical (unpaired) electrons. The number of nitrogens with zero attached hydrogens (tertiary/aromatic N) is 2. The van der Waals surface area contributed by atoms with E-state index >= 15 is 0 Å². The summed E-state index contributed by atoms with van der Waals surface area (Å²) in [6, 6.07) is 2.81. The normalized spacial score (nSPS) is 14.6. The molecule has 0 bridgehead atoms. The minimum absolute atomic E-state index is 0.00584. The van der Waals surface area contributed by atoms with Crippen LogP contribution < -0.4 is 5.32 Å². The summed E-state index contributed by atoms with van der Waals surface area (Å²) >= 11 is 0. The van der Waals surface area contributed by atoms with Gasteiger partial charge >= 0.3 is 5.97 Å². The number of ether oxygens (including phenoxy) is 1. The fraction of sp³-hybridized carbons (Fsp3) is 0.312. The summed E-state index contributed by atoms with van der Waals surface area (Å²) in [5, 5.41) is 18.9. The first kappa shape index (κ1) is 16.9. The number of carbonyl (C=O) groups is 2. The van der Waals surface area contributed by atoms with Crippen LogP contribution in [0.5, 0.6) is 0 Å². The predicted molar refractivity (Wildman–Crippen MR) is 87.1 cm³/mol. The molecule has 9 heteroatoms. The van der Waals surface area contributed by atoms with Gasteiger partial charge in [0.25, 0.3) is 5.91 Å². The summed E-state index contributed by atoms with van der Waals surface area (Å²) < 4.78 is 19.0. The molecule has 1 amide bonds. The van der Waals surface area contributed by atoms with Gasteiger partial charge in [0, 0.05) is 17.9 Å². The van der Waals surface area contributed by atoms with Crippen LogP contribution in [0.3, 0.4) is 0 Å². The molecule has 8 nitrogen and oxygen atoms in total. The van der Waals surface area contributed by atoms with Crippen molar-refractivity contribution in [3.63, 3.8) is 0 Å². The number of H-pyrrole nitrogens is 1. The van der Waals surface area contributed by atoms with Crippen LogP contribution in [0, 0.1) is 12.7 Å². The second-order valence-corrected chi connectivity index (χ2v) is 5.62. The van der Waals surface area contributed by atoms with Gasteiger partial charge in [0.15, 0.2) is 0 Å². The zero-order valence-electron chi connectivity index (χ0n) is 13.7. The fourth-order valence-electron chi connectivity index (χ4n) is 2.82. The number of aliphatic hydroxyl groups is 1. The number of hydrogen-bond acceptors (Lipinski definition) is 6. The predicted octanol–water partition coefficient (Wildman–Crippen LogP) is 0.684. The van der Waals surface area contributed by atoms with Crippen molar-refractivity contribution in [3.8, 4) is 0 Å². The van der Waals surface area contributed by atoms with Crippen LogP contribution in [-0.4, -0.2) is 58.9 Å². The number of aryl methyl sites for hydroxylation is 1. The molecule has 1 aromatic heterocycles. The van der Waals surface area contributed by atoms with E-state index in [0.717, 1.165) is 0 Å². The quantitative estimate of drug-likeness (QED) is 0.686. The molecular weight excluding hydrogens is 331 g/mol. The molecule has 0 saturated heterocycles. The van der Waals surface area contributed by atoms with E-state index in [-0.39, 0.29) is 36.7 Å². The van der Waals surface area contributed by atoms with Gasteiger partial charge in [-0.05, 0) is 19.1 Å². The highest BCUT2D eigenvalue weighted by molar-refractivity contribution is 6.08. The van der Waals surface area contributed by atoms with Gasteiger partial charge in [-0.25, -0.2) is 9.18 Å². The van der Waals surface area contributed by atoms with E-state index in [2.05, 4.69) is 15.5 Å². The molecule has 1 aromatic carbocycles. The van der Waals surface area contributed by atoms with Crippen LogP contribution in [0.15, 0.2) is 23.4 Å². The van der Waals surface area contributed by atoms with Crippen LogP contribution in [0.1, 0.15) is 5.69 Å². The number of benzene rings is 1. The third-order valence-electron chi connectivity index (χ3n) is 4.01. The molecular formula is C16H17FN4O4. The number of methoxy groups -OCH3 is 1. The Balaban J connectivity index is 1.98. The van der Waals surface area contributed by atoms with Crippen molar-refractivity contribution >= 4 is 28.5 Å². The summed E-state index contributed by atoms with van der Waals surface area (Å²) in [6.45, 7) is 1.56. The van der Waals surface area contributed by atoms with Crippen LogP contribution in [0.2, 0.25) is 0 Å². The molecule has 0 spiro atoms. The zero-order valence-corrected chi connectivity index (χ0v) is 13.7. The highest BCUT2D eigenvalue weighted by atomic mass is 19.1. The smallest absolute Gasteiger partial charge is 0.337 e. The maximum absolute atomic E-state index is 14.3. The summed E-state index contributed by atoms with van der Waals surface area (Å²) in [5.74, 6) is -1.62. The van der Waals surface area contributed by atoms with Gasteiger partial charge in [-0.3, -0.25) is 9.89 Å². The van der Waals surface area contributed by atoms with Crippen molar-refractivity contribution in [2.45, 2.75) is 6.92 Å². The first-order valence-corrected chi connectivity index (χ1v) is 7.59. The minimum Gasteiger partial charge on any atom is -0.466 e. The van der Waals surface area contributed by atoms with E-state index in [1.54, 1.807) is 13.0 Å². The van der Waals surface area contributed by atoms with Gasteiger partial charge in [-0.15, -0.1) is 0 Å². The molecule has 0 saturated carbocycles. The molecule has 2 heterocycles. The number of nitrogens with one attached hydrogen (secondary N) is 2. The highest BCUT2D eigenvalue weighted by Gasteiger charge is 2.34. The lowest BCUT2D eigenvalue weighted by Gasteiger charge is -2.15. The van der Waals surface area contributed by atoms with Gasteiger partial charge in [-0.1, -0.05) is 0 Å². The minimum atomic E-state index is -0.659. The number of aromatic amines is 1. The van der Waals surface area contributed by atoms with Crippen molar-refractivity contribution in [2.24, 2.45) is 0 Å². The van der Waals surface area contributed by atoms with Crippen LogP contribution >= 0.6 is 0 Å². The van der Waals surface area contributed by atoms with Gasteiger partial charge < -0.3 is 20.1 Å². The molecule has 25 heavy (non-hydrogen) atoms. The SMILES string of the molecule is COC(=O)C1=C(Nc2cc(F)c3c(C)[nH]nc3c2)C(=O)N(CCO)C1. The monoisotopic (exact) mass is 348 g/mol. The lowest BCUT2D eigenvalue weighted by Crippen LogP contribution is -2.31. The molecule has 0 aliphatic carbocycles. The summed E-state index contributed by atoms with van der Waals surface area (Å²) in [4.78, 5) is 25.7. The number of esters is 1. The molecule has 1 aliphatic rings. The Morgan fingerprint density at radius 1 is 1.52 bits per heavy atom. The van der Waals surface area contributed by atoms with Crippen LogP contribution in [0.4, 0.5) is 10.1 Å². The Morgan fingerprint density at radius 3 is 2.96 bits per heavy atom. The van der Waals surface area contributed by atoms with Gasteiger partial charge in [0.2, 0.25) is 0 Å². The molecule has 0 unspecified atom stereocenters. The number of β-amino-alcohol motifs (C(OH)–C–C–N with tert-alkyl or cyclic N) is 1. The van der Waals surface area contributed by atoms with Gasteiger partial charge in [0.1, 0.15) is 11.5 Å². The largest absolute Gasteiger partial charge is 0.466 e. The third-order valence-corrected chi connectivity index (χ3v) is 4.01. The van der Waals surface area contributed by atoms with Crippen molar-refractivity contribution < 1.29 is 23.8 Å². The lowest BCUT2D eigenvalue weighted by atomic mass is 10.1. The Labute approximate surface area is 142 Å². The second kappa shape index (κ2) is 6.52. The molecule has 0 atom stereocenters. The van der Waals surface area contributed by atoms with E-state index in [9.17, 15) is 14.0 Å². The van der Waals surface area contributed by atoms with Crippen molar-refractivity contribution in [3.05, 3.63) is 34.9 Å². The fourth-order valence-corrected chi connectivity index (χ4v) is 2.82. The Kier molecular flexibility index (Phi) is 4.41. The highest BCUT2D eigenvalue weighted by Crippen LogP contribution is 2.27. The summed E-state index contributed by atoms with van der Waals surface area (Å²) in [7, 11) is 1.21.